The number of anilines is 1. The molecule has 3 heterocycles. The summed E-state index contributed by atoms with van der Waals surface area (Å²) in [7, 11) is 0. The molecule has 0 aliphatic carbocycles. The summed E-state index contributed by atoms with van der Waals surface area (Å²) < 4.78 is 7.72. The van der Waals surface area contributed by atoms with E-state index < -0.39 is 0 Å². The Morgan fingerprint density at radius 2 is 2.08 bits per heavy atom. The second-order valence-corrected chi connectivity index (χ2v) is 5.96. The van der Waals surface area contributed by atoms with Crippen molar-refractivity contribution in [2.24, 2.45) is 0 Å². The van der Waals surface area contributed by atoms with Gasteiger partial charge in [0.1, 0.15) is 11.3 Å². The highest BCUT2D eigenvalue weighted by atomic mass is 16.5. The SMILES string of the molecule is Cc1nc(NCCOC(C)C)c2c(ccn2Cc2ccccn2)n1. The predicted molar refractivity (Wildman–Crippen MR) is 95.2 cm³/mol. The molecule has 0 bridgehead atoms. The molecule has 1 N–H and O–H groups in total. The van der Waals surface area contributed by atoms with Crippen LogP contribution in [0.4, 0.5) is 5.82 Å². The highest BCUT2D eigenvalue weighted by Gasteiger charge is 2.11. The molecular weight excluding hydrogens is 302 g/mol. The summed E-state index contributed by atoms with van der Waals surface area (Å²) in [6.07, 6.45) is 4.07. The van der Waals surface area contributed by atoms with Gasteiger partial charge in [-0.05, 0) is 39.0 Å². The molecular formula is C18H23N5O. The number of aryl methyl sites for hydroxylation is 1. The molecule has 3 aromatic heterocycles. The molecule has 0 saturated heterocycles. The average Bonchev–Trinajstić information content (AvgIpc) is 2.95. The lowest BCUT2D eigenvalue weighted by Crippen LogP contribution is -2.15. The van der Waals surface area contributed by atoms with Crippen LogP contribution in [0.3, 0.4) is 0 Å². The molecule has 126 valence electrons. The molecule has 0 spiro atoms. The van der Waals surface area contributed by atoms with Crippen LogP contribution in [0, 0.1) is 6.92 Å². The predicted octanol–water partition coefficient (Wildman–Crippen LogP) is 3.02. The second-order valence-electron chi connectivity index (χ2n) is 5.96. The minimum Gasteiger partial charge on any atom is -0.377 e. The summed E-state index contributed by atoms with van der Waals surface area (Å²) in [4.78, 5) is 13.5. The van der Waals surface area contributed by atoms with Crippen molar-refractivity contribution in [1.82, 2.24) is 19.5 Å². The number of rotatable bonds is 7. The van der Waals surface area contributed by atoms with Gasteiger partial charge in [-0.3, -0.25) is 4.98 Å². The van der Waals surface area contributed by atoms with Gasteiger partial charge in [-0.2, -0.15) is 0 Å². The van der Waals surface area contributed by atoms with Crippen molar-refractivity contribution in [3.8, 4) is 0 Å². The monoisotopic (exact) mass is 325 g/mol. The lowest BCUT2D eigenvalue weighted by atomic mass is 10.3. The van der Waals surface area contributed by atoms with Gasteiger partial charge in [0, 0.05) is 18.9 Å². The van der Waals surface area contributed by atoms with Crippen molar-refractivity contribution in [2.75, 3.05) is 18.5 Å². The van der Waals surface area contributed by atoms with E-state index >= 15 is 0 Å². The van der Waals surface area contributed by atoms with Crippen molar-refractivity contribution < 1.29 is 4.74 Å². The Morgan fingerprint density at radius 3 is 2.83 bits per heavy atom. The molecule has 0 fully saturated rings. The van der Waals surface area contributed by atoms with E-state index in [0.29, 0.717) is 19.7 Å². The fourth-order valence-electron chi connectivity index (χ4n) is 2.61. The van der Waals surface area contributed by atoms with E-state index in [1.54, 1.807) is 0 Å². The molecule has 0 atom stereocenters. The van der Waals surface area contributed by atoms with Gasteiger partial charge < -0.3 is 14.6 Å². The van der Waals surface area contributed by atoms with Crippen LogP contribution < -0.4 is 5.32 Å². The largest absolute Gasteiger partial charge is 0.377 e. The van der Waals surface area contributed by atoms with Gasteiger partial charge in [0.25, 0.3) is 0 Å². The number of fused-ring (bicyclic) bond motifs is 1. The van der Waals surface area contributed by atoms with E-state index in [4.69, 9.17) is 4.74 Å². The van der Waals surface area contributed by atoms with Crippen LogP contribution in [0.1, 0.15) is 25.4 Å². The average molecular weight is 325 g/mol. The Hall–Kier alpha value is -2.47. The summed E-state index contributed by atoms with van der Waals surface area (Å²) >= 11 is 0. The topological polar surface area (TPSA) is 64.9 Å². The van der Waals surface area contributed by atoms with Crippen molar-refractivity contribution in [1.29, 1.82) is 0 Å². The van der Waals surface area contributed by atoms with Crippen LogP contribution in [0.5, 0.6) is 0 Å². The third-order valence-electron chi connectivity index (χ3n) is 3.63. The van der Waals surface area contributed by atoms with Gasteiger partial charge >= 0.3 is 0 Å². The molecule has 6 heteroatoms. The van der Waals surface area contributed by atoms with Crippen LogP contribution in [-0.4, -0.2) is 38.8 Å². The summed E-state index contributed by atoms with van der Waals surface area (Å²) in [6, 6.07) is 7.95. The van der Waals surface area contributed by atoms with E-state index in [2.05, 4.69) is 24.8 Å². The fraction of sp³-hybridized carbons (Fsp3) is 0.389. The zero-order chi connectivity index (χ0) is 16.9. The van der Waals surface area contributed by atoms with E-state index in [0.717, 1.165) is 28.4 Å². The lowest BCUT2D eigenvalue weighted by Gasteiger charge is -2.12. The molecule has 0 aliphatic rings. The standard InChI is InChI=1S/C18H23N5O/c1-13(2)24-11-9-20-18-17-16(21-14(3)22-18)7-10-23(17)12-15-6-4-5-8-19-15/h4-8,10,13H,9,11-12H2,1-3H3,(H,20,21,22). The zero-order valence-electron chi connectivity index (χ0n) is 14.4. The maximum Gasteiger partial charge on any atom is 0.154 e. The third-order valence-corrected chi connectivity index (χ3v) is 3.63. The molecule has 0 aliphatic heterocycles. The Morgan fingerprint density at radius 1 is 1.21 bits per heavy atom. The third kappa shape index (κ3) is 3.89. The first-order valence-corrected chi connectivity index (χ1v) is 8.22. The van der Waals surface area contributed by atoms with Crippen molar-refractivity contribution in [2.45, 2.75) is 33.4 Å². The lowest BCUT2D eigenvalue weighted by molar-refractivity contribution is 0.0870. The van der Waals surface area contributed by atoms with Gasteiger partial charge in [0.15, 0.2) is 5.82 Å². The van der Waals surface area contributed by atoms with Crippen LogP contribution in [0.15, 0.2) is 36.7 Å². The molecule has 3 aromatic rings. The Kier molecular flexibility index (Phi) is 5.05. The molecule has 0 amide bonds. The van der Waals surface area contributed by atoms with E-state index in [9.17, 15) is 0 Å². The van der Waals surface area contributed by atoms with Crippen molar-refractivity contribution in [3.63, 3.8) is 0 Å². The van der Waals surface area contributed by atoms with Crippen LogP contribution in [0.2, 0.25) is 0 Å². The number of nitrogens with zero attached hydrogens (tertiary/aromatic N) is 4. The van der Waals surface area contributed by atoms with Gasteiger partial charge in [-0.15, -0.1) is 0 Å². The molecule has 6 nitrogen and oxygen atoms in total. The summed E-state index contributed by atoms with van der Waals surface area (Å²) in [5, 5.41) is 3.38. The number of pyridine rings is 1. The van der Waals surface area contributed by atoms with E-state index in [1.165, 1.54) is 0 Å². The van der Waals surface area contributed by atoms with E-state index in [-0.39, 0.29) is 6.10 Å². The quantitative estimate of drug-likeness (QED) is 0.677. The first-order valence-electron chi connectivity index (χ1n) is 8.22. The molecule has 0 aromatic carbocycles. The first kappa shape index (κ1) is 16.4. The smallest absolute Gasteiger partial charge is 0.154 e. The van der Waals surface area contributed by atoms with E-state index in [1.807, 2.05) is 57.4 Å². The Bertz CT molecular complexity index is 798. The minimum absolute atomic E-state index is 0.229. The zero-order valence-corrected chi connectivity index (χ0v) is 14.4. The first-order chi connectivity index (χ1) is 11.6. The van der Waals surface area contributed by atoms with Crippen LogP contribution >= 0.6 is 0 Å². The number of ether oxygens (including phenoxy) is 1. The highest BCUT2D eigenvalue weighted by molar-refractivity contribution is 5.86. The van der Waals surface area contributed by atoms with Gasteiger partial charge in [-0.1, -0.05) is 6.07 Å². The second kappa shape index (κ2) is 7.40. The summed E-state index contributed by atoms with van der Waals surface area (Å²) in [5.74, 6) is 1.59. The van der Waals surface area contributed by atoms with Crippen LogP contribution in [-0.2, 0) is 11.3 Å². The molecule has 0 saturated carbocycles. The normalized spacial score (nSPS) is 11.3. The van der Waals surface area contributed by atoms with Gasteiger partial charge in [-0.25, -0.2) is 9.97 Å². The highest BCUT2D eigenvalue weighted by Crippen LogP contribution is 2.22. The Balaban J connectivity index is 1.85. The number of hydrogen-bond donors (Lipinski definition) is 1. The maximum absolute atomic E-state index is 5.59. The van der Waals surface area contributed by atoms with Crippen molar-refractivity contribution >= 4 is 16.9 Å². The fourth-order valence-corrected chi connectivity index (χ4v) is 2.61. The summed E-state index contributed by atoms with van der Waals surface area (Å²) in [5.41, 5.74) is 2.94. The molecule has 24 heavy (non-hydrogen) atoms. The van der Waals surface area contributed by atoms with Crippen molar-refractivity contribution in [3.05, 3.63) is 48.2 Å². The minimum atomic E-state index is 0.229. The van der Waals surface area contributed by atoms with Gasteiger partial charge in [0.2, 0.25) is 0 Å². The molecule has 0 radical (unpaired) electrons. The van der Waals surface area contributed by atoms with Gasteiger partial charge in [0.05, 0.1) is 30.5 Å². The summed E-state index contributed by atoms with van der Waals surface area (Å²) in [6.45, 7) is 8.01. The maximum atomic E-state index is 5.59. The number of nitrogens with one attached hydrogen (secondary N) is 1. The Labute approximate surface area is 141 Å². The number of hydrogen-bond acceptors (Lipinski definition) is 5. The molecule has 0 unspecified atom stereocenters. The number of aromatic nitrogens is 4. The van der Waals surface area contributed by atoms with Crippen LogP contribution in [0.25, 0.3) is 11.0 Å². The molecule has 3 rings (SSSR count).